The van der Waals surface area contributed by atoms with Crippen LogP contribution in [0.25, 0.3) is 16.7 Å². The minimum Gasteiger partial charge on any atom is -0.338 e. The van der Waals surface area contributed by atoms with Crippen molar-refractivity contribution in [3.05, 3.63) is 82.2 Å². The van der Waals surface area contributed by atoms with E-state index in [1.807, 2.05) is 59.0 Å². The van der Waals surface area contributed by atoms with Crippen LogP contribution in [0.2, 0.25) is 0 Å². The lowest BCUT2D eigenvalue weighted by Gasteiger charge is -2.10. The van der Waals surface area contributed by atoms with Gasteiger partial charge in [-0.2, -0.15) is 4.98 Å². The average molecular weight is 461 g/mol. The van der Waals surface area contributed by atoms with Gasteiger partial charge >= 0.3 is 0 Å². The molecule has 0 N–H and O–H groups in total. The van der Waals surface area contributed by atoms with Gasteiger partial charge in [0.05, 0.1) is 16.7 Å². The molecule has 168 valence electrons. The van der Waals surface area contributed by atoms with E-state index in [1.165, 1.54) is 11.8 Å². The molecule has 0 saturated carbocycles. The Balaban J connectivity index is 1.43. The van der Waals surface area contributed by atoms with E-state index >= 15 is 0 Å². The van der Waals surface area contributed by atoms with Crippen LogP contribution in [-0.2, 0) is 18.7 Å². The van der Waals surface area contributed by atoms with Gasteiger partial charge in [-0.3, -0.25) is 13.8 Å². The highest BCUT2D eigenvalue weighted by Gasteiger charge is 2.17. The first kappa shape index (κ1) is 21.4. The van der Waals surface area contributed by atoms with Gasteiger partial charge in [0.1, 0.15) is 0 Å². The minimum atomic E-state index is -0.0272. The lowest BCUT2D eigenvalue weighted by atomic mass is 10.1. The maximum atomic E-state index is 13.1. The summed E-state index contributed by atoms with van der Waals surface area (Å²) >= 11 is 1.46. The summed E-state index contributed by atoms with van der Waals surface area (Å²) in [6, 6.07) is 17.6. The van der Waals surface area contributed by atoms with E-state index in [0.29, 0.717) is 46.8 Å². The first-order valence-electron chi connectivity index (χ1n) is 11.1. The first-order valence-corrected chi connectivity index (χ1v) is 12.1. The van der Waals surface area contributed by atoms with E-state index < -0.39 is 0 Å². The predicted molar refractivity (Wildman–Crippen MR) is 127 cm³/mol. The van der Waals surface area contributed by atoms with Gasteiger partial charge in [0.15, 0.2) is 11.0 Å². The summed E-state index contributed by atoms with van der Waals surface area (Å²) in [7, 11) is 0. The third-order valence-corrected chi connectivity index (χ3v) is 6.42. The standard InChI is InChI=1S/C24H24N6O2S/c1-2-3-9-14-29-22(31)18-12-7-8-13-19(18)30-23(29)26-27-24(30)33-16-21-25-20(28-32-21)15-17-10-5-4-6-11-17/h4-8,10-13H,2-3,9,14-16H2,1H3. The molecule has 0 atom stereocenters. The van der Waals surface area contributed by atoms with Gasteiger partial charge in [-0.15, -0.1) is 10.2 Å². The lowest BCUT2D eigenvalue weighted by Crippen LogP contribution is -2.23. The molecule has 0 spiro atoms. The van der Waals surface area contributed by atoms with E-state index in [0.717, 1.165) is 30.3 Å². The number of para-hydroxylation sites is 1. The molecule has 0 aliphatic heterocycles. The maximum Gasteiger partial charge on any atom is 0.262 e. The summed E-state index contributed by atoms with van der Waals surface area (Å²) in [5.74, 6) is 2.21. The van der Waals surface area contributed by atoms with Crippen molar-refractivity contribution in [3.63, 3.8) is 0 Å². The average Bonchev–Trinajstić information content (AvgIpc) is 3.47. The molecule has 0 aliphatic carbocycles. The number of aryl methyl sites for hydroxylation is 1. The van der Waals surface area contributed by atoms with Crippen molar-refractivity contribution in [2.45, 2.75) is 50.1 Å². The molecule has 0 amide bonds. The lowest BCUT2D eigenvalue weighted by molar-refractivity contribution is 0.385. The Hall–Kier alpha value is -3.46. The summed E-state index contributed by atoms with van der Waals surface area (Å²) in [5, 5.41) is 14.2. The van der Waals surface area contributed by atoms with Crippen molar-refractivity contribution in [1.82, 2.24) is 29.3 Å². The highest BCUT2D eigenvalue weighted by atomic mass is 32.2. The minimum absolute atomic E-state index is 0.0272. The fourth-order valence-electron chi connectivity index (χ4n) is 3.87. The van der Waals surface area contributed by atoms with E-state index in [4.69, 9.17) is 4.52 Å². The molecule has 0 aliphatic rings. The summed E-state index contributed by atoms with van der Waals surface area (Å²) in [6.07, 6.45) is 3.69. The van der Waals surface area contributed by atoms with Gasteiger partial charge < -0.3 is 4.52 Å². The van der Waals surface area contributed by atoms with Crippen molar-refractivity contribution >= 4 is 28.4 Å². The van der Waals surface area contributed by atoms with Crippen molar-refractivity contribution in [3.8, 4) is 0 Å². The molecule has 3 heterocycles. The number of fused-ring (bicyclic) bond motifs is 3. The third-order valence-electron chi connectivity index (χ3n) is 5.50. The number of unbranched alkanes of at least 4 members (excludes halogenated alkanes) is 2. The molecule has 0 fully saturated rings. The Morgan fingerprint density at radius 3 is 2.67 bits per heavy atom. The Morgan fingerprint density at radius 2 is 1.82 bits per heavy atom. The molecule has 5 aromatic rings. The topological polar surface area (TPSA) is 91.1 Å². The highest BCUT2D eigenvalue weighted by Crippen LogP contribution is 2.24. The number of hydrogen-bond donors (Lipinski definition) is 0. The van der Waals surface area contributed by atoms with Crippen LogP contribution in [0.1, 0.15) is 43.5 Å². The van der Waals surface area contributed by atoms with Crippen molar-refractivity contribution in [1.29, 1.82) is 0 Å². The number of rotatable bonds is 9. The summed E-state index contributed by atoms with van der Waals surface area (Å²) in [4.78, 5) is 17.6. The molecule has 0 unspecified atom stereocenters. The van der Waals surface area contributed by atoms with Gasteiger partial charge in [0.2, 0.25) is 11.7 Å². The summed E-state index contributed by atoms with van der Waals surface area (Å²) < 4.78 is 9.14. The van der Waals surface area contributed by atoms with Gasteiger partial charge in [-0.1, -0.05) is 79.1 Å². The SMILES string of the molecule is CCCCCn1c(=O)c2ccccc2n2c(SCc3nc(Cc4ccccc4)no3)nnc12. The third kappa shape index (κ3) is 4.41. The number of hydrogen-bond acceptors (Lipinski definition) is 7. The van der Waals surface area contributed by atoms with Gasteiger partial charge in [0.25, 0.3) is 5.56 Å². The molecule has 8 nitrogen and oxygen atoms in total. The monoisotopic (exact) mass is 460 g/mol. The Bertz CT molecular complexity index is 1440. The maximum absolute atomic E-state index is 13.1. The zero-order valence-corrected chi connectivity index (χ0v) is 19.2. The fourth-order valence-corrected chi connectivity index (χ4v) is 4.65. The summed E-state index contributed by atoms with van der Waals surface area (Å²) in [6.45, 7) is 2.77. The smallest absolute Gasteiger partial charge is 0.262 e. The van der Waals surface area contributed by atoms with Crippen LogP contribution >= 0.6 is 11.8 Å². The number of thioether (sulfide) groups is 1. The fraction of sp³-hybridized carbons (Fsp3) is 0.292. The zero-order valence-electron chi connectivity index (χ0n) is 18.3. The van der Waals surface area contributed by atoms with E-state index in [1.54, 1.807) is 4.57 Å². The molecule has 0 radical (unpaired) electrons. The van der Waals surface area contributed by atoms with Crippen molar-refractivity contribution in [2.24, 2.45) is 0 Å². The molecule has 9 heteroatoms. The molecule has 5 rings (SSSR count). The molecular weight excluding hydrogens is 436 g/mol. The molecule has 0 bridgehead atoms. The first-order chi connectivity index (χ1) is 16.2. The molecule has 3 aromatic heterocycles. The van der Waals surface area contributed by atoms with Crippen LogP contribution in [-0.4, -0.2) is 29.3 Å². The Labute approximate surface area is 194 Å². The van der Waals surface area contributed by atoms with Crippen LogP contribution in [0.15, 0.2) is 69.1 Å². The second-order valence-electron chi connectivity index (χ2n) is 7.85. The van der Waals surface area contributed by atoms with Gasteiger partial charge in [-0.25, -0.2) is 0 Å². The Kier molecular flexibility index (Phi) is 6.21. The normalized spacial score (nSPS) is 11.5. The van der Waals surface area contributed by atoms with Crippen molar-refractivity contribution < 1.29 is 4.52 Å². The van der Waals surface area contributed by atoms with Crippen LogP contribution in [0.4, 0.5) is 0 Å². The van der Waals surface area contributed by atoms with Crippen molar-refractivity contribution in [2.75, 3.05) is 0 Å². The molecule has 0 saturated heterocycles. The number of nitrogens with zero attached hydrogens (tertiary/aromatic N) is 6. The second-order valence-corrected chi connectivity index (χ2v) is 8.80. The van der Waals surface area contributed by atoms with E-state index in [9.17, 15) is 4.79 Å². The molecule has 33 heavy (non-hydrogen) atoms. The summed E-state index contributed by atoms with van der Waals surface area (Å²) in [5.41, 5.74) is 1.90. The van der Waals surface area contributed by atoms with Gasteiger partial charge in [0, 0.05) is 13.0 Å². The number of benzene rings is 2. The van der Waals surface area contributed by atoms with Gasteiger partial charge in [-0.05, 0) is 24.1 Å². The van der Waals surface area contributed by atoms with Crippen LogP contribution < -0.4 is 5.56 Å². The van der Waals surface area contributed by atoms with Crippen LogP contribution in [0.3, 0.4) is 0 Å². The second kappa shape index (κ2) is 9.58. The largest absolute Gasteiger partial charge is 0.338 e. The Morgan fingerprint density at radius 1 is 1.00 bits per heavy atom. The molecule has 2 aromatic carbocycles. The van der Waals surface area contributed by atoms with E-state index in [2.05, 4.69) is 27.3 Å². The highest BCUT2D eigenvalue weighted by molar-refractivity contribution is 7.98. The zero-order chi connectivity index (χ0) is 22.6. The predicted octanol–water partition coefficient (Wildman–Crippen LogP) is 4.50. The number of aromatic nitrogens is 6. The van der Waals surface area contributed by atoms with E-state index in [-0.39, 0.29) is 5.56 Å². The van der Waals surface area contributed by atoms with Crippen LogP contribution in [0.5, 0.6) is 0 Å². The van der Waals surface area contributed by atoms with Crippen LogP contribution in [0, 0.1) is 0 Å². The quantitative estimate of drug-likeness (QED) is 0.236. The molecular formula is C24H24N6O2S.